The number of nitrogens with zero attached hydrogens (tertiary/aromatic N) is 2. The van der Waals surface area contributed by atoms with Gasteiger partial charge < -0.3 is 5.11 Å². The Hall–Kier alpha value is -1.55. The van der Waals surface area contributed by atoms with E-state index < -0.39 is 5.97 Å². The average Bonchev–Trinajstić information content (AvgIpc) is 2.41. The number of imidazole rings is 1. The minimum atomic E-state index is -1.00. The van der Waals surface area contributed by atoms with Crippen LogP contribution in [0.25, 0.3) is 5.65 Å². The Balaban J connectivity index is 2.87. The number of carbonyl (C=O) groups is 1. The second-order valence-electron chi connectivity index (χ2n) is 3.38. The molecule has 0 saturated carbocycles. The molecule has 5 heteroatoms. The SMILES string of the molecule is Cc1cc2nc(C)c(C(=O)O)n2cc1Cl. The number of aromatic carboxylic acids is 1. The number of aryl methyl sites for hydroxylation is 2. The molecule has 2 aromatic rings. The van der Waals surface area contributed by atoms with Gasteiger partial charge in [0.1, 0.15) is 5.65 Å². The smallest absolute Gasteiger partial charge is 0.354 e. The van der Waals surface area contributed by atoms with E-state index in [0.717, 1.165) is 5.56 Å². The quantitative estimate of drug-likeness (QED) is 0.809. The molecule has 0 fully saturated rings. The molecule has 0 amide bonds. The fraction of sp³-hybridized carbons (Fsp3) is 0.200. The van der Waals surface area contributed by atoms with Crippen LogP contribution in [0.5, 0.6) is 0 Å². The minimum Gasteiger partial charge on any atom is -0.477 e. The summed E-state index contributed by atoms with van der Waals surface area (Å²) in [6, 6.07) is 1.77. The normalized spacial score (nSPS) is 10.9. The number of hydrogen-bond donors (Lipinski definition) is 1. The maximum Gasteiger partial charge on any atom is 0.354 e. The first-order chi connectivity index (χ1) is 7.00. The van der Waals surface area contributed by atoms with Gasteiger partial charge >= 0.3 is 5.97 Å². The number of rotatable bonds is 1. The lowest BCUT2D eigenvalue weighted by atomic mass is 10.3. The molecule has 0 aliphatic carbocycles. The zero-order chi connectivity index (χ0) is 11.2. The maximum atomic E-state index is 11.0. The molecule has 0 atom stereocenters. The van der Waals surface area contributed by atoms with E-state index in [1.54, 1.807) is 19.2 Å². The van der Waals surface area contributed by atoms with Gasteiger partial charge in [0, 0.05) is 6.20 Å². The Morgan fingerprint density at radius 1 is 1.53 bits per heavy atom. The monoisotopic (exact) mass is 224 g/mol. The molecule has 0 spiro atoms. The largest absolute Gasteiger partial charge is 0.477 e. The number of carboxylic acids is 1. The number of pyridine rings is 1. The zero-order valence-electron chi connectivity index (χ0n) is 8.28. The lowest BCUT2D eigenvalue weighted by Crippen LogP contribution is -2.03. The molecular weight excluding hydrogens is 216 g/mol. The average molecular weight is 225 g/mol. The third-order valence-corrected chi connectivity index (χ3v) is 2.68. The molecule has 78 valence electrons. The number of carboxylic acid groups (broad SMARTS) is 1. The fourth-order valence-corrected chi connectivity index (χ4v) is 1.69. The molecule has 0 saturated heterocycles. The summed E-state index contributed by atoms with van der Waals surface area (Å²) in [5, 5.41) is 9.54. The predicted molar refractivity (Wildman–Crippen MR) is 56.6 cm³/mol. The first-order valence-corrected chi connectivity index (χ1v) is 4.76. The van der Waals surface area contributed by atoms with Crippen molar-refractivity contribution in [3.63, 3.8) is 0 Å². The molecule has 0 unspecified atom stereocenters. The lowest BCUT2D eigenvalue weighted by molar-refractivity contribution is 0.0688. The van der Waals surface area contributed by atoms with Crippen LogP contribution in [0.4, 0.5) is 0 Å². The highest BCUT2D eigenvalue weighted by Gasteiger charge is 2.15. The van der Waals surface area contributed by atoms with Crippen LogP contribution < -0.4 is 0 Å². The van der Waals surface area contributed by atoms with Crippen molar-refractivity contribution in [1.29, 1.82) is 0 Å². The lowest BCUT2D eigenvalue weighted by Gasteiger charge is -2.00. The van der Waals surface area contributed by atoms with E-state index in [1.165, 1.54) is 4.40 Å². The van der Waals surface area contributed by atoms with Crippen molar-refractivity contribution >= 4 is 23.2 Å². The molecule has 2 aromatic heterocycles. The number of aromatic nitrogens is 2. The third-order valence-electron chi connectivity index (χ3n) is 2.28. The van der Waals surface area contributed by atoms with Crippen LogP contribution in [0.3, 0.4) is 0 Å². The molecule has 15 heavy (non-hydrogen) atoms. The van der Waals surface area contributed by atoms with E-state index in [0.29, 0.717) is 16.4 Å². The van der Waals surface area contributed by atoms with Crippen LogP contribution in [-0.4, -0.2) is 20.5 Å². The van der Waals surface area contributed by atoms with E-state index in [1.807, 2.05) is 6.92 Å². The molecule has 2 heterocycles. The van der Waals surface area contributed by atoms with Gasteiger partial charge in [0.25, 0.3) is 0 Å². The first kappa shape index (κ1) is 9.98. The Morgan fingerprint density at radius 2 is 2.20 bits per heavy atom. The second-order valence-corrected chi connectivity index (χ2v) is 3.79. The Morgan fingerprint density at radius 3 is 2.80 bits per heavy atom. The van der Waals surface area contributed by atoms with Gasteiger partial charge in [-0.3, -0.25) is 4.40 Å². The summed E-state index contributed by atoms with van der Waals surface area (Å²) < 4.78 is 1.49. The molecule has 0 aromatic carbocycles. The molecule has 1 N–H and O–H groups in total. The Kier molecular flexibility index (Phi) is 2.16. The van der Waals surface area contributed by atoms with Crippen molar-refractivity contribution in [2.24, 2.45) is 0 Å². The molecule has 2 rings (SSSR count). The standard InChI is InChI=1S/C10H9ClN2O2/c1-5-3-8-12-6(2)9(10(14)15)13(8)4-7(5)11/h3-4H,1-2H3,(H,14,15). The van der Waals surface area contributed by atoms with Gasteiger partial charge in [-0.05, 0) is 25.5 Å². The summed E-state index contributed by atoms with van der Waals surface area (Å²) in [7, 11) is 0. The summed E-state index contributed by atoms with van der Waals surface area (Å²) in [5.41, 5.74) is 2.13. The molecule has 0 bridgehead atoms. The Labute approximate surface area is 91.1 Å². The molecule has 0 radical (unpaired) electrons. The van der Waals surface area contributed by atoms with Gasteiger partial charge in [-0.25, -0.2) is 9.78 Å². The third kappa shape index (κ3) is 1.47. The predicted octanol–water partition coefficient (Wildman–Crippen LogP) is 2.30. The van der Waals surface area contributed by atoms with Gasteiger partial charge in [-0.1, -0.05) is 11.6 Å². The van der Waals surface area contributed by atoms with Gasteiger partial charge in [0.2, 0.25) is 0 Å². The van der Waals surface area contributed by atoms with E-state index in [4.69, 9.17) is 16.7 Å². The van der Waals surface area contributed by atoms with E-state index in [9.17, 15) is 4.79 Å². The van der Waals surface area contributed by atoms with Crippen LogP contribution in [-0.2, 0) is 0 Å². The number of hydrogen-bond acceptors (Lipinski definition) is 2. The molecule has 0 aliphatic heterocycles. The van der Waals surface area contributed by atoms with Crippen molar-refractivity contribution in [2.75, 3.05) is 0 Å². The van der Waals surface area contributed by atoms with Gasteiger partial charge in [-0.2, -0.15) is 0 Å². The van der Waals surface area contributed by atoms with Crippen LogP contribution >= 0.6 is 11.6 Å². The van der Waals surface area contributed by atoms with Crippen molar-refractivity contribution in [3.05, 3.63) is 34.2 Å². The van der Waals surface area contributed by atoms with Gasteiger partial charge in [0.05, 0.1) is 10.7 Å². The van der Waals surface area contributed by atoms with Crippen molar-refractivity contribution in [2.45, 2.75) is 13.8 Å². The van der Waals surface area contributed by atoms with Crippen LogP contribution in [0.1, 0.15) is 21.7 Å². The van der Waals surface area contributed by atoms with Crippen LogP contribution in [0, 0.1) is 13.8 Å². The molecule has 4 nitrogen and oxygen atoms in total. The fourth-order valence-electron chi connectivity index (χ4n) is 1.54. The zero-order valence-corrected chi connectivity index (χ0v) is 9.04. The minimum absolute atomic E-state index is 0.159. The highest BCUT2D eigenvalue weighted by Crippen LogP contribution is 2.20. The number of halogens is 1. The summed E-state index contributed by atoms with van der Waals surface area (Å²) in [6.07, 6.45) is 1.58. The van der Waals surface area contributed by atoms with Crippen molar-refractivity contribution in [1.82, 2.24) is 9.38 Å². The summed E-state index contributed by atoms with van der Waals surface area (Å²) in [4.78, 5) is 15.1. The van der Waals surface area contributed by atoms with Crippen LogP contribution in [0.15, 0.2) is 12.3 Å². The van der Waals surface area contributed by atoms with E-state index in [2.05, 4.69) is 4.98 Å². The summed E-state index contributed by atoms with van der Waals surface area (Å²) in [6.45, 7) is 3.52. The highest BCUT2D eigenvalue weighted by atomic mass is 35.5. The Bertz CT molecular complexity index is 560. The topological polar surface area (TPSA) is 54.6 Å². The van der Waals surface area contributed by atoms with Crippen molar-refractivity contribution < 1.29 is 9.90 Å². The van der Waals surface area contributed by atoms with E-state index >= 15 is 0 Å². The molecule has 0 aliphatic rings. The van der Waals surface area contributed by atoms with E-state index in [-0.39, 0.29) is 5.69 Å². The second kappa shape index (κ2) is 3.24. The van der Waals surface area contributed by atoms with Crippen molar-refractivity contribution in [3.8, 4) is 0 Å². The van der Waals surface area contributed by atoms with Gasteiger partial charge in [0.15, 0.2) is 5.69 Å². The van der Waals surface area contributed by atoms with Crippen LogP contribution in [0.2, 0.25) is 5.02 Å². The maximum absolute atomic E-state index is 11.0. The first-order valence-electron chi connectivity index (χ1n) is 4.39. The number of fused-ring (bicyclic) bond motifs is 1. The summed E-state index contributed by atoms with van der Waals surface area (Å²) in [5.74, 6) is -1.00. The van der Waals surface area contributed by atoms with Gasteiger partial charge in [-0.15, -0.1) is 0 Å². The molecular formula is C10H9ClN2O2. The highest BCUT2D eigenvalue weighted by molar-refractivity contribution is 6.31. The summed E-state index contributed by atoms with van der Waals surface area (Å²) >= 11 is 5.93.